The molecule has 1 aromatic heterocycles. The lowest BCUT2D eigenvalue weighted by molar-refractivity contribution is 0.247. The molecule has 2 aromatic carbocycles. The van der Waals surface area contributed by atoms with Gasteiger partial charge in [0.05, 0.1) is 11.4 Å². The van der Waals surface area contributed by atoms with Crippen LogP contribution in [0.25, 0.3) is 10.6 Å². The van der Waals surface area contributed by atoms with Crippen molar-refractivity contribution >= 4 is 17.0 Å². The molecule has 0 bridgehead atoms. The molecular formula is C20H19F2N3S. The summed E-state index contributed by atoms with van der Waals surface area (Å²) in [6.07, 6.45) is 0. The van der Waals surface area contributed by atoms with Gasteiger partial charge in [-0.25, -0.2) is 13.8 Å². The van der Waals surface area contributed by atoms with Crippen molar-refractivity contribution in [1.29, 1.82) is 0 Å². The van der Waals surface area contributed by atoms with Crippen LogP contribution in [0, 0.1) is 11.6 Å². The topological polar surface area (TPSA) is 19.4 Å². The van der Waals surface area contributed by atoms with E-state index in [4.69, 9.17) is 0 Å². The Kier molecular flexibility index (Phi) is 4.95. The molecule has 1 aliphatic heterocycles. The Labute approximate surface area is 155 Å². The predicted octanol–water partition coefficient (Wildman–Crippen LogP) is 4.41. The van der Waals surface area contributed by atoms with Crippen molar-refractivity contribution in [2.45, 2.75) is 6.54 Å². The maximum Gasteiger partial charge on any atom is 0.146 e. The van der Waals surface area contributed by atoms with Gasteiger partial charge < -0.3 is 4.90 Å². The van der Waals surface area contributed by atoms with Crippen LogP contribution < -0.4 is 4.90 Å². The zero-order valence-electron chi connectivity index (χ0n) is 14.2. The SMILES string of the molecule is Fc1ccc(-c2nc(CN3CCN(c4ccccc4F)CC3)cs2)cc1. The van der Waals surface area contributed by atoms with Gasteiger partial charge in [0.25, 0.3) is 0 Å². The van der Waals surface area contributed by atoms with Crippen LogP contribution in [-0.4, -0.2) is 36.1 Å². The molecular weight excluding hydrogens is 352 g/mol. The highest BCUT2D eigenvalue weighted by Gasteiger charge is 2.20. The van der Waals surface area contributed by atoms with Crippen molar-refractivity contribution in [2.24, 2.45) is 0 Å². The van der Waals surface area contributed by atoms with Gasteiger partial charge in [0.15, 0.2) is 0 Å². The van der Waals surface area contributed by atoms with Crippen LogP contribution in [0.4, 0.5) is 14.5 Å². The van der Waals surface area contributed by atoms with Crippen molar-refractivity contribution in [3.8, 4) is 10.6 Å². The Bertz CT molecular complexity index is 871. The van der Waals surface area contributed by atoms with Crippen LogP contribution in [-0.2, 0) is 6.54 Å². The van der Waals surface area contributed by atoms with E-state index in [-0.39, 0.29) is 11.6 Å². The van der Waals surface area contributed by atoms with Gasteiger partial charge in [0.2, 0.25) is 0 Å². The molecule has 6 heteroatoms. The Hall–Kier alpha value is -2.31. The third-order valence-electron chi connectivity index (χ3n) is 4.59. The van der Waals surface area contributed by atoms with E-state index in [1.54, 1.807) is 29.5 Å². The molecule has 1 saturated heterocycles. The summed E-state index contributed by atoms with van der Waals surface area (Å²) in [6, 6.07) is 13.4. The second-order valence-electron chi connectivity index (χ2n) is 6.37. The van der Waals surface area contributed by atoms with E-state index in [9.17, 15) is 8.78 Å². The molecule has 0 N–H and O–H groups in total. The molecule has 1 aliphatic rings. The molecule has 2 heterocycles. The fourth-order valence-corrected chi connectivity index (χ4v) is 4.01. The summed E-state index contributed by atoms with van der Waals surface area (Å²) >= 11 is 1.58. The lowest BCUT2D eigenvalue weighted by atomic mass is 10.2. The van der Waals surface area contributed by atoms with Crippen molar-refractivity contribution in [2.75, 3.05) is 31.1 Å². The third-order valence-corrected chi connectivity index (χ3v) is 5.53. The fourth-order valence-electron chi connectivity index (χ4n) is 3.19. The number of piperazine rings is 1. The lowest BCUT2D eigenvalue weighted by Gasteiger charge is -2.35. The number of aromatic nitrogens is 1. The van der Waals surface area contributed by atoms with Crippen LogP contribution in [0.3, 0.4) is 0 Å². The van der Waals surface area contributed by atoms with Gasteiger partial charge in [-0.15, -0.1) is 11.3 Å². The zero-order valence-corrected chi connectivity index (χ0v) is 15.1. The number of hydrogen-bond acceptors (Lipinski definition) is 4. The van der Waals surface area contributed by atoms with Gasteiger partial charge in [-0.1, -0.05) is 12.1 Å². The summed E-state index contributed by atoms with van der Waals surface area (Å²) in [5.74, 6) is -0.400. The van der Waals surface area contributed by atoms with Gasteiger partial charge in [-0.05, 0) is 36.4 Å². The highest BCUT2D eigenvalue weighted by molar-refractivity contribution is 7.13. The maximum absolute atomic E-state index is 13.9. The number of thiazole rings is 1. The third kappa shape index (κ3) is 3.76. The lowest BCUT2D eigenvalue weighted by Crippen LogP contribution is -2.46. The first-order chi connectivity index (χ1) is 12.7. The summed E-state index contributed by atoms with van der Waals surface area (Å²) < 4.78 is 27.0. The number of nitrogens with zero attached hydrogens (tertiary/aromatic N) is 3. The van der Waals surface area contributed by atoms with Crippen LogP contribution in [0.2, 0.25) is 0 Å². The molecule has 0 atom stereocenters. The summed E-state index contributed by atoms with van der Waals surface area (Å²) in [7, 11) is 0. The first kappa shape index (κ1) is 17.1. The molecule has 1 fully saturated rings. The van der Waals surface area contributed by atoms with E-state index in [0.717, 1.165) is 49.0 Å². The molecule has 0 radical (unpaired) electrons. The Morgan fingerprint density at radius 1 is 0.923 bits per heavy atom. The van der Waals surface area contributed by atoms with Crippen molar-refractivity contribution in [3.05, 3.63) is 71.2 Å². The average molecular weight is 371 g/mol. The number of halogens is 2. The minimum atomic E-state index is -0.238. The van der Waals surface area contributed by atoms with Crippen LogP contribution in [0.15, 0.2) is 53.9 Å². The van der Waals surface area contributed by atoms with Crippen molar-refractivity contribution in [1.82, 2.24) is 9.88 Å². The Balaban J connectivity index is 1.36. The number of hydrogen-bond donors (Lipinski definition) is 0. The van der Waals surface area contributed by atoms with Gasteiger partial charge in [0, 0.05) is 43.7 Å². The highest BCUT2D eigenvalue weighted by Crippen LogP contribution is 2.25. The monoisotopic (exact) mass is 371 g/mol. The molecule has 3 nitrogen and oxygen atoms in total. The summed E-state index contributed by atoms with van der Waals surface area (Å²) in [5, 5.41) is 2.96. The van der Waals surface area contributed by atoms with E-state index in [0.29, 0.717) is 5.69 Å². The number of rotatable bonds is 4. The van der Waals surface area contributed by atoms with Crippen LogP contribution in [0.5, 0.6) is 0 Å². The van der Waals surface area contributed by atoms with E-state index in [1.165, 1.54) is 18.2 Å². The van der Waals surface area contributed by atoms with E-state index < -0.39 is 0 Å². The molecule has 134 valence electrons. The van der Waals surface area contributed by atoms with Crippen LogP contribution >= 0.6 is 11.3 Å². The van der Waals surface area contributed by atoms with E-state index >= 15 is 0 Å². The molecule has 26 heavy (non-hydrogen) atoms. The van der Waals surface area contributed by atoms with Gasteiger partial charge >= 0.3 is 0 Å². The predicted molar refractivity (Wildman–Crippen MR) is 101 cm³/mol. The van der Waals surface area contributed by atoms with Gasteiger partial charge in [0.1, 0.15) is 16.6 Å². The number of anilines is 1. The molecule has 0 aliphatic carbocycles. The minimum absolute atomic E-state index is 0.163. The highest BCUT2D eigenvalue weighted by atomic mass is 32.1. The van der Waals surface area contributed by atoms with Crippen molar-refractivity contribution < 1.29 is 8.78 Å². The second kappa shape index (κ2) is 7.51. The summed E-state index contributed by atoms with van der Waals surface area (Å²) in [4.78, 5) is 9.10. The largest absolute Gasteiger partial charge is 0.367 e. The number of para-hydroxylation sites is 1. The minimum Gasteiger partial charge on any atom is -0.367 e. The Morgan fingerprint density at radius 3 is 2.38 bits per heavy atom. The molecule has 0 saturated carbocycles. The zero-order chi connectivity index (χ0) is 17.9. The van der Waals surface area contributed by atoms with Gasteiger partial charge in [-0.2, -0.15) is 0 Å². The van der Waals surface area contributed by atoms with Crippen LogP contribution in [0.1, 0.15) is 5.69 Å². The van der Waals surface area contributed by atoms with Gasteiger partial charge in [-0.3, -0.25) is 4.90 Å². The molecule has 4 rings (SSSR count). The quantitative estimate of drug-likeness (QED) is 0.677. The average Bonchev–Trinajstić information content (AvgIpc) is 3.12. The first-order valence-electron chi connectivity index (χ1n) is 8.61. The fraction of sp³-hybridized carbons (Fsp3) is 0.250. The first-order valence-corrected chi connectivity index (χ1v) is 9.49. The smallest absolute Gasteiger partial charge is 0.146 e. The summed E-state index contributed by atoms with van der Waals surface area (Å²) in [6.45, 7) is 4.13. The Morgan fingerprint density at radius 2 is 1.65 bits per heavy atom. The van der Waals surface area contributed by atoms with Crippen molar-refractivity contribution in [3.63, 3.8) is 0 Å². The maximum atomic E-state index is 13.9. The number of benzene rings is 2. The molecule has 0 spiro atoms. The molecule has 3 aromatic rings. The molecule has 0 unspecified atom stereocenters. The van der Waals surface area contributed by atoms with E-state index in [1.807, 2.05) is 12.1 Å². The second-order valence-corrected chi connectivity index (χ2v) is 7.22. The summed E-state index contributed by atoms with van der Waals surface area (Å²) in [5.41, 5.74) is 2.64. The standard InChI is InChI=1S/C20H19F2N3S/c21-16-7-5-15(6-8-16)20-23-17(14-26-20)13-24-9-11-25(12-10-24)19-4-2-1-3-18(19)22/h1-8,14H,9-13H2. The molecule has 0 amide bonds. The normalized spacial score (nSPS) is 15.4. The van der Waals surface area contributed by atoms with E-state index in [2.05, 4.69) is 20.2 Å².